The number of hydrogen-bond donors (Lipinski definition) is 1. The van der Waals surface area contributed by atoms with Crippen molar-refractivity contribution in [3.63, 3.8) is 0 Å². The predicted molar refractivity (Wildman–Crippen MR) is 634 cm³/mol. The Bertz CT molecular complexity index is 7010. The third-order valence-corrected chi connectivity index (χ3v) is 74.1. The van der Waals surface area contributed by atoms with E-state index in [4.69, 9.17) is 82.8 Å². The molecular weight excluding hydrogens is 2550 g/mol. The fourth-order valence-electron chi connectivity index (χ4n) is 12.0. The third kappa shape index (κ3) is 39.0. The van der Waals surface area contributed by atoms with Gasteiger partial charge in [-0.3, -0.25) is 0 Å². The summed E-state index contributed by atoms with van der Waals surface area (Å²) in [5.74, 6) is 0. The summed E-state index contributed by atoms with van der Waals surface area (Å²) in [7, 11) is 4.34. The molecule has 140 heavy (non-hydrogen) atoms. The molecule has 0 aliphatic rings. The molecule has 0 aliphatic carbocycles. The first-order valence-electron chi connectivity index (χ1n) is 41.9. The molecule has 15 heterocycles. The van der Waals surface area contributed by atoms with Crippen LogP contribution in [0.1, 0.15) is 93.4 Å². The molecule has 0 unspecified atom stereocenters. The Morgan fingerprint density at radius 3 is 0.779 bits per heavy atom. The molecule has 0 aromatic carbocycles. The monoisotopic (exact) mass is 2640 g/mol. The van der Waals surface area contributed by atoms with Gasteiger partial charge >= 0.3 is 264 Å². The van der Waals surface area contributed by atoms with E-state index >= 15 is 0 Å². The van der Waals surface area contributed by atoms with Crippen molar-refractivity contribution in [2.45, 2.75) is 102 Å². The molecule has 0 amide bonds. The van der Waals surface area contributed by atoms with Crippen LogP contribution in [0, 0.1) is 125 Å². The van der Waals surface area contributed by atoms with E-state index in [2.05, 4.69) is 245 Å². The number of thiophene rings is 15. The molecule has 15 aromatic heterocycles. The van der Waals surface area contributed by atoms with Gasteiger partial charge in [0.1, 0.15) is 0 Å². The molecule has 0 saturated heterocycles. The summed E-state index contributed by atoms with van der Waals surface area (Å²) in [4.78, 5) is 55.0. The zero-order valence-corrected chi connectivity index (χ0v) is 103. The van der Waals surface area contributed by atoms with E-state index in [1.165, 1.54) is 105 Å². The molecule has 0 saturated carbocycles. The summed E-state index contributed by atoms with van der Waals surface area (Å²) >= 11 is 33.1. The summed E-state index contributed by atoms with van der Waals surface area (Å²) in [6.45, 7) is 54.7. The van der Waals surface area contributed by atoms with Gasteiger partial charge in [0.05, 0.1) is 99.8 Å². The third-order valence-electron chi connectivity index (χ3n) is 18.7. The SMILES string of the molecule is CCC[CH2][Sn]([CH2]CCC)([CH2]CCC)[c]1cccs1.[B]=NS.[C-]#[N+]/C(C#N)=C\c1ccc(-c2cc3sc(-c4ccc(/C=C(\C#N)[N+]#[C-])s4)cc3s2)s1.[C-]#[N+]/C(C#N)=C\c1ccc(-c2ccc(Br)s2)s1.[C-]#[N+]/C(C#N)=C\c1ccc(-c2cccs2)s1.[C-]#[N+]/C(C#N)=C\c1ccc(-c2cccs2)s1.[C-]#[N+]/C(C#N)=C\c1ccc(Br)s1.[C-]#[N+]/C(C#N)=C\c1ccc(Br)s1.[CH3][Sn]([CH3])([CH3])[c]1cc2s[c]([Sn]([CH3])([CH3])[CH3])cc2s1. The normalized spacial score (nSPS) is 11.2. The Hall–Kier alpha value is -8.89. The van der Waals surface area contributed by atoms with Gasteiger partial charge in [-0.1, -0.05) is 12.1 Å². The van der Waals surface area contributed by atoms with E-state index in [0.717, 1.165) is 60.1 Å². The Labute approximate surface area is 924 Å². The number of nitrogens with zero attached hydrogens (tertiary/aromatic N) is 15. The molecule has 38 heteroatoms. The van der Waals surface area contributed by atoms with Crippen LogP contribution in [0.5, 0.6) is 0 Å². The second-order valence-corrected chi connectivity index (χ2v) is 96.1. The van der Waals surface area contributed by atoms with Crippen molar-refractivity contribution in [3.05, 3.63) is 339 Å². The molecule has 0 spiro atoms. The van der Waals surface area contributed by atoms with Crippen molar-refractivity contribution in [1.29, 1.82) is 36.8 Å². The number of halogens is 3. The van der Waals surface area contributed by atoms with Crippen LogP contribution in [-0.4, -0.2) is 62.8 Å². The minimum atomic E-state index is -2.01. The molecular formula is C102H82BBr3N15S16Sn3. The number of hydrogen-bond acceptors (Lipinski definition) is 24. The number of rotatable bonds is 24. The van der Waals surface area contributed by atoms with E-state index in [1.807, 2.05) is 165 Å². The minimum absolute atomic E-state index is 0.0867. The van der Waals surface area contributed by atoms with Gasteiger partial charge in [0.25, 0.3) is 39.9 Å². The fraction of sp³-hybridized carbons (Fsp3) is 0.176. The first-order chi connectivity index (χ1) is 67.4. The van der Waals surface area contributed by atoms with Crippen LogP contribution in [0.15, 0.2) is 229 Å². The van der Waals surface area contributed by atoms with Crippen LogP contribution in [-0.2, 0) is 0 Å². The van der Waals surface area contributed by atoms with Gasteiger partial charge in [-0.05, 0) is 222 Å². The van der Waals surface area contributed by atoms with Crippen molar-refractivity contribution in [3.8, 4) is 91.3 Å². The van der Waals surface area contributed by atoms with Crippen molar-refractivity contribution >= 4 is 363 Å². The molecule has 15 aromatic rings. The Morgan fingerprint density at radius 2 is 0.550 bits per heavy atom. The van der Waals surface area contributed by atoms with Crippen LogP contribution in [0.3, 0.4) is 0 Å². The van der Waals surface area contributed by atoms with Crippen molar-refractivity contribution in [1.82, 2.24) is 0 Å². The van der Waals surface area contributed by atoms with Crippen LogP contribution in [0.2, 0.25) is 42.9 Å². The van der Waals surface area contributed by atoms with E-state index in [-0.39, 0.29) is 39.9 Å². The standard InChI is InChI=1S/C22H8N4S4.C12H5BrN2S2.2C12H6N2S2.2C8H3BrN2S.C6H2S2.C4H3S.3C4H9.6CH3.BHNS.3Sn/c1-25-13(11-23)7-15-3-5-17(27-15)19-9-21-22(29-19)10-20(30-21)18-6-4-16(28-18)8-14(12-24)26-2;1-15-8(7-14)6-9-2-3-10(16-9)11-4-5-12(13)17-11;2*1-14-9(8-13)7-10-4-5-12(16-10)11-3-2-6-15-11;2*1-11-6(5-10)4-7-2-3-8(9)12-7;1-3-7-6-2-4-8-5(1)6;1-2-4-5-3-1;3*1-3-4-2;;;;;;;1-2-3;;;/h3-10H;2-6H;2*2-7H;2*2-4H;1-2H;1-3H;3*1,3-4H2,2H3;6*1H3;3H;;;/b13-7-,14-8+;8-6-;2*9-7-;2*6-4-;;;;;;;;;;;;;;;. The van der Waals surface area contributed by atoms with Crippen LogP contribution >= 0.6 is 231 Å². The summed E-state index contributed by atoms with van der Waals surface area (Å²) in [5, 5.41) is 67.1. The van der Waals surface area contributed by atoms with E-state index in [0.29, 0.717) is 0 Å². The van der Waals surface area contributed by atoms with E-state index in [1.54, 1.807) is 184 Å². The van der Waals surface area contributed by atoms with Crippen molar-refractivity contribution in [2.75, 3.05) is 0 Å². The molecule has 15 rings (SSSR count). The van der Waals surface area contributed by atoms with Gasteiger partial charge < -0.3 is 0 Å². The average molecular weight is 2640 g/mol. The Balaban J connectivity index is 0.000000220. The molecule has 1 radical (unpaired) electrons. The number of thiol groups is 1. The predicted octanol–water partition coefficient (Wildman–Crippen LogP) is 38.2. The van der Waals surface area contributed by atoms with Crippen molar-refractivity contribution < 1.29 is 0 Å². The summed E-state index contributed by atoms with van der Waals surface area (Å²) in [6.07, 6.45) is 19.8. The molecule has 0 bridgehead atoms. The summed E-state index contributed by atoms with van der Waals surface area (Å²) < 4.78 is 21.4. The number of nitriles is 7. The number of allylic oxidation sites excluding steroid dienone is 7. The summed E-state index contributed by atoms with van der Waals surface area (Å²) in [5.41, 5.74) is 0.769. The van der Waals surface area contributed by atoms with Gasteiger partial charge in [0.15, 0.2) is 0 Å². The zero-order chi connectivity index (χ0) is 102. The second-order valence-electron chi connectivity index (χ2n) is 30.7. The average Bonchev–Trinajstić information content (AvgIpc) is 1.63. The first-order valence-corrected chi connectivity index (χ1v) is 84.5. The maximum absolute atomic E-state index is 8.91. The zero-order valence-electron chi connectivity index (χ0n) is 76.6. The topological polar surface area (TPSA) is 209 Å². The van der Waals surface area contributed by atoms with Crippen molar-refractivity contribution in [2.24, 2.45) is 4.30 Å². The van der Waals surface area contributed by atoms with E-state index in [9.17, 15) is 0 Å². The molecule has 0 atom stereocenters. The van der Waals surface area contributed by atoms with Crippen LogP contribution in [0.4, 0.5) is 0 Å². The molecule has 697 valence electrons. The second kappa shape index (κ2) is 62.6. The van der Waals surface area contributed by atoms with Gasteiger partial charge in [0.2, 0.25) is 0 Å². The Kier molecular flexibility index (Phi) is 52.8. The molecule has 15 nitrogen and oxygen atoms in total. The molecule has 0 N–H and O–H groups in total. The first kappa shape index (κ1) is 118. The maximum atomic E-state index is 8.91. The summed E-state index contributed by atoms with van der Waals surface area (Å²) in [6, 6.07) is 66.5. The van der Waals surface area contributed by atoms with E-state index < -0.39 is 55.1 Å². The van der Waals surface area contributed by atoms with Gasteiger partial charge in [-0.2, -0.15) is 0 Å². The van der Waals surface area contributed by atoms with Crippen LogP contribution < -0.4 is 8.68 Å². The molecule has 0 aliphatic heterocycles. The number of unbranched alkanes of at least 4 members (excludes halogenated alkanes) is 3. The van der Waals surface area contributed by atoms with Gasteiger partial charge in [0, 0.05) is 92.3 Å². The number of fused-ring (bicyclic) bond motifs is 2. The molecule has 0 fully saturated rings. The van der Waals surface area contributed by atoms with Gasteiger partial charge in [-0.15, -0.1) is 136 Å². The van der Waals surface area contributed by atoms with Crippen LogP contribution in [0.25, 0.3) is 144 Å². The fourth-order valence-corrected chi connectivity index (χ4v) is 58.5. The quantitative estimate of drug-likeness (QED) is 0.0267. The Morgan fingerprint density at radius 1 is 0.314 bits per heavy atom. The van der Waals surface area contributed by atoms with Gasteiger partial charge in [-0.25, -0.2) is 70.7 Å².